The van der Waals surface area contributed by atoms with Gasteiger partial charge in [0.1, 0.15) is 0 Å². The maximum Gasteiger partial charge on any atom is 0.0558 e. The van der Waals surface area contributed by atoms with Gasteiger partial charge < -0.3 is 10.4 Å². The molecule has 3 nitrogen and oxygen atoms in total. The lowest BCUT2D eigenvalue weighted by atomic mass is 9.91. The van der Waals surface area contributed by atoms with Crippen LogP contribution in [0.25, 0.3) is 0 Å². The quantitative estimate of drug-likeness (QED) is 0.754. The Morgan fingerprint density at radius 1 is 1.26 bits per heavy atom. The lowest BCUT2D eigenvalue weighted by molar-refractivity contribution is 0.0972. The Balaban J connectivity index is 1.87. The summed E-state index contributed by atoms with van der Waals surface area (Å²) in [5.74, 6) is 0. The second kappa shape index (κ2) is 7.63. The van der Waals surface area contributed by atoms with Crippen LogP contribution in [0.1, 0.15) is 37.3 Å². The molecule has 2 rings (SSSR count). The van der Waals surface area contributed by atoms with Gasteiger partial charge in [0.05, 0.1) is 6.61 Å². The van der Waals surface area contributed by atoms with Gasteiger partial charge in [0.25, 0.3) is 0 Å². The number of nitrogens with zero attached hydrogens (tertiary/aromatic N) is 1. The van der Waals surface area contributed by atoms with Gasteiger partial charge in [-0.1, -0.05) is 36.8 Å². The normalized spacial score (nSPS) is 17.4. The topological polar surface area (TPSA) is 35.5 Å². The van der Waals surface area contributed by atoms with E-state index in [-0.39, 0.29) is 6.61 Å². The zero-order valence-electron chi connectivity index (χ0n) is 11.9. The highest BCUT2D eigenvalue weighted by Gasteiger charge is 2.24. The predicted octanol–water partition coefficient (Wildman–Crippen LogP) is 2.18. The van der Waals surface area contributed by atoms with Crippen molar-refractivity contribution in [3.8, 4) is 0 Å². The molecule has 1 atom stereocenters. The molecule has 0 spiro atoms. The molecule has 0 radical (unpaired) electrons. The molecule has 0 saturated heterocycles. The van der Waals surface area contributed by atoms with E-state index in [1.165, 1.54) is 24.8 Å². The number of aliphatic hydroxyl groups is 1. The number of hydrogen-bond acceptors (Lipinski definition) is 3. The highest BCUT2D eigenvalue weighted by molar-refractivity contribution is 5.18. The zero-order chi connectivity index (χ0) is 13.5. The maximum absolute atomic E-state index is 9.19. The second-order valence-corrected chi connectivity index (χ2v) is 5.38. The van der Waals surface area contributed by atoms with E-state index in [4.69, 9.17) is 0 Å². The minimum Gasteiger partial charge on any atom is -0.395 e. The molecule has 3 heteroatoms. The largest absolute Gasteiger partial charge is 0.395 e. The number of rotatable bonds is 8. The minimum absolute atomic E-state index is 0.270. The van der Waals surface area contributed by atoms with E-state index in [0.717, 1.165) is 19.5 Å². The molecule has 1 fully saturated rings. The molecule has 19 heavy (non-hydrogen) atoms. The summed E-state index contributed by atoms with van der Waals surface area (Å²) in [6.07, 6.45) is 5.04. The van der Waals surface area contributed by atoms with E-state index in [9.17, 15) is 5.11 Å². The van der Waals surface area contributed by atoms with Crippen molar-refractivity contribution in [2.24, 2.45) is 0 Å². The Bertz CT molecular complexity index is 351. The van der Waals surface area contributed by atoms with Gasteiger partial charge in [-0.15, -0.1) is 0 Å². The highest BCUT2D eigenvalue weighted by atomic mass is 16.3. The first-order valence-corrected chi connectivity index (χ1v) is 7.42. The van der Waals surface area contributed by atoms with Crippen LogP contribution in [0.3, 0.4) is 0 Å². The summed E-state index contributed by atoms with van der Waals surface area (Å²) in [6.45, 7) is 2.15. The summed E-state index contributed by atoms with van der Waals surface area (Å²) in [7, 11) is 2.03. The third-order valence-electron chi connectivity index (χ3n) is 4.23. The Hall–Kier alpha value is -0.900. The summed E-state index contributed by atoms with van der Waals surface area (Å²) in [6, 6.07) is 11.7. The van der Waals surface area contributed by atoms with Gasteiger partial charge in [-0.3, -0.25) is 4.90 Å². The third-order valence-corrected chi connectivity index (χ3v) is 4.23. The van der Waals surface area contributed by atoms with Crippen LogP contribution < -0.4 is 5.32 Å². The Morgan fingerprint density at radius 3 is 2.53 bits per heavy atom. The molecule has 1 aliphatic carbocycles. The molecule has 1 aliphatic rings. The first-order valence-electron chi connectivity index (χ1n) is 7.42. The van der Waals surface area contributed by atoms with Crippen LogP contribution in [0.15, 0.2) is 30.3 Å². The summed E-state index contributed by atoms with van der Waals surface area (Å²) in [5.41, 5.74) is 1.35. The van der Waals surface area contributed by atoms with E-state index in [0.29, 0.717) is 12.1 Å². The van der Waals surface area contributed by atoms with Crippen LogP contribution in [0, 0.1) is 0 Å². The fourth-order valence-electron chi connectivity index (χ4n) is 2.82. The van der Waals surface area contributed by atoms with E-state index in [2.05, 4.69) is 40.5 Å². The summed E-state index contributed by atoms with van der Waals surface area (Å²) < 4.78 is 0. The van der Waals surface area contributed by atoms with Crippen molar-refractivity contribution in [2.75, 3.05) is 26.7 Å². The van der Waals surface area contributed by atoms with Gasteiger partial charge in [0, 0.05) is 25.2 Å². The van der Waals surface area contributed by atoms with Crippen molar-refractivity contribution in [3.05, 3.63) is 35.9 Å². The highest BCUT2D eigenvalue weighted by Crippen LogP contribution is 2.26. The third kappa shape index (κ3) is 4.03. The average molecular weight is 262 g/mol. The fourth-order valence-corrected chi connectivity index (χ4v) is 2.82. The van der Waals surface area contributed by atoms with E-state index in [1.807, 2.05) is 7.05 Å². The van der Waals surface area contributed by atoms with Gasteiger partial charge in [-0.05, 0) is 31.9 Å². The molecule has 1 aromatic carbocycles. The molecule has 106 valence electrons. The van der Waals surface area contributed by atoms with Crippen molar-refractivity contribution >= 4 is 0 Å². The van der Waals surface area contributed by atoms with E-state index < -0.39 is 0 Å². The van der Waals surface area contributed by atoms with Gasteiger partial charge in [0.15, 0.2) is 0 Å². The first kappa shape index (κ1) is 14.5. The van der Waals surface area contributed by atoms with Gasteiger partial charge in [-0.25, -0.2) is 0 Å². The monoisotopic (exact) mass is 262 g/mol. The minimum atomic E-state index is 0.270. The van der Waals surface area contributed by atoms with Crippen molar-refractivity contribution < 1.29 is 5.11 Å². The summed E-state index contributed by atoms with van der Waals surface area (Å²) >= 11 is 0. The Kier molecular flexibility index (Phi) is 5.83. The van der Waals surface area contributed by atoms with Crippen molar-refractivity contribution in [1.29, 1.82) is 0 Å². The summed E-state index contributed by atoms with van der Waals surface area (Å²) in [5, 5.41) is 12.6. The van der Waals surface area contributed by atoms with Crippen LogP contribution in [0.4, 0.5) is 0 Å². The van der Waals surface area contributed by atoms with Gasteiger partial charge in [-0.2, -0.15) is 0 Å². The maximum atomic E-state index is 9.19. The SMILES string of the molecule is CNC(CCN(CCO)C1CCC1)c1ccccc1. The molecule has 0 aliphatic heterocycles. The fraction of sp³-hybridized carbons (Fsp3) is 0.625. The van der Waals surface area contributed by atoms with Crippen molar-refractivity contribution in [1.82, 2.24) is 10.2 Å². The summed E-state index contributed by atoms with van der Waals surface area (Å²) in [4.78, 5) is 2.46. The van der Waals surface area contributed by atoms with Crippen LogP contribution in [-0.4, -0.2) is 42.8 Å². The van der Waals surface area contributed by atoms with Gasteiger partial charge in [0.2, 0.25) is 0 Å². The number of benzene rings is 1. The number of nitrogens with one attached hydrogen (secondary N) is 1. The smallest absolute Gasteiger partial charge is 0.0558 e. The molecular weight excluding hydrogens is 236 g/mol. The number of hydrogen-bond donors (Lipinski definition) is 2. The van der Waals surface area contributed by atoms with Gasteiger partial charge >= 0.3 is 0 Å². The van der Waals surface area contributed by atoms with E-state index in [1.54, 1.807) is 0 Å². The zero-order valence-corrected chi connectivity index (χ0v) is 11.9. The predicted molar refractivity (Wildman–Crippen MR) is 79.2 cm³/mol. The van der Waals surface area contributed by atoms with Crippen LogP contribution in [0.2, 0.25) is 0 Å². The molecule has 0 bridgehead atoms. The molecule has 0 amide bonds. The average Bonchev–Trinajstić information content (AvgIpc) is 2.39. The molecule has 1 aromatic rings. The number of aliphatic hydroxyl groups excluding tert-OH is 1. The molecule has 2 N–H and O–H groups in total. The Labute approximate surface area is 116 Å². The van der Waals surface area contributed by atoms with Crippen LogP contribution >= 0.6 is 0 Å². The van der Waals surface area contributed by atoms with Crippen molar-refractivity contribution in [3.63, 3.8) is 0 Å². The van der Waals surface area contributed by atoms with E-state index >= 15 is 0 Å². The molecule has 0 heterocycles. The lowest BCUT2D eigenvalue weighted by Gasteiger charge is -2.38. The molecular formula is C16H26N2O. The molecule has 1 saturated carbocycles. The van der Waals surface area contributed by atoms with Crippen LogP contribution in [0.5, 0.6) is 0 Å². The second-order valence-electron chi connectivity index (χ2n) is 5.38. The standard InChI is InChI=1S/C16H26N2O/c1-17-16(14-6-3-2-4-7-14)10-11-18(12-13-19)15-8-5-9-15/h2-4,6-7,15-17,19H,5,8-13H2,1H3. The lowest BCUT2D eigenvalue weighted by Crippen LogP contribution is -2.43. The molecule has 0 aromatic heterocycles. The van der Waals surface area contributed by atoms with Crippen LogP contribution in [-0.2, 0) is 0 Å². The first-order chi connectivity index (χ1) is 9.35. The molecule has 1 unspecified atom stereocenters. The van der Waals surface area contributed by atoms with Crippen molar-refractivity contribution in [2.45, 2.75) is 37.8 Å². The Morgan fingerprint density at radius 2 is 2.00 bits per heavy atom.